The molecular formula is C11H13F3N2O3. The summed E-state index contributed by atoms with van der Waals surface area (Å²) in [5, 5.41) is 11.5. The van der Waals surface area contributed by atoms with E-state index in [9.17, 15) is 18.0 Å². The van der Waals surface area contributed by atoms with Crippen molar-refractivity contribution in [3.8, 4) is 0 Å². The van der Waals surface area contributed by atoms with E-state index >= 15 is 0 Å². The molecule has 0 aliphatic carbocycles. The number of nitrogens with zero attached hydrogens (tertiary/aromatic N) is 1. The first-order valence-electron chi connectivity index (χ1n) is 5.36. The highest BCUT2D eigenvalue weighted by Gasteiger charge is 2.30. The number of carboxylic acids is 1. The molecule has 0 spiro atoms. The van der Waals surface area contributed by atoms with Crippen molar-refractivity contribution in [3.63, 3.8) is 0 Å². The number of carboxylic acid groups (broad SMARTS) is 1. The van der Waals surface area contributed by atoms with Gasteiger partial charge in [-0.15, -0.1) is 0 Å². The fraction of sp³-hybridized carbons (Fsp3) is 0.455. The monoisotopic (exact) mass is 278 g/mol. The van der Waals surface area contributed by atoms with Gasteiger partial charge in [-0.05, 0) is 12.1 Å². The number of anilines is 1. The molecule has 0 aliphatic rings. The first-order chi connectivity index (χ1) is 8.84. The molecule has 1 atom stereocenters. The van der Waals surface area contributed by atoms with Gasteiger partial charge in [-0.3, -0.25) is 0 Å². The molecule has 0 saturated heterocycles. The average Bonchev–Trinajstić information content (AvgIpc) is 2.33. The van der Waals surface area contributed by atoms with Gasteiger partial charge in [0.1, 0.15) is 11.9 Å². The molecule has 2 N–H and O–H groups in total. The summed E-state index contributed by atoms with van der Waals surface area (Å²) < 4.78 is 41.7. The van der Waals surface area contributed by atoms with Gasteiger partial charge < -0.3 is 15.2 Å². The molecule has 8 heteroatoms. The van der Waals surface area contributed by atoms with Gasteiger partial charge >= 0.3 is 12.1 Å². The number of nitrogens with one attached hydrogen (secondary N) is 1. The fourth-order valence-electron chi connectivity index (χ4n) is 1.32. The number of hydrogen-bond acceptors (Lipinski definition) is 4. The smallest absolute Gasteiger partial charge is 0.417 e. The standard InChI is InChI=1S/C11H13F3N2O3/c1-19-5-4-8(10(17)18)16-9-3-2-7(6-15-9)11(12,13)14/h2-3,6,8H,4-5H2,1H3,(H,15,16)(H,17,18). The molecule has 0 aromatic carbocycles. The normalized spacial score (nSPS) is 13.1. The molecule has 1 rings (SSSR count). The minimum Gasteiger partial charge on any atom is -0.480 e. The predicted molar refractivity (Wildman–Crippen MR) is 60.8 cm³/mol. The predicted octanol–water partition coefficient (Wildman–Crippen LogP) is 2.00. The highest BCUT2D eigenvalue weighted by Crippen LogP contribution is 2.28. The van der Waals surface area contributed by atoms with E-state index < -0.39 is 23.8 Å². The van der Waals surface area contributed by atoms with E-state index in [0.29, 0.717) is 6.20 Å². The van der Waals surface area contributed by atoms with Crippen LogP contribution in [0, 0.1) is 0 Å². The summed E-state index contributed by atoms with van der Waals surface area (Å²) in [4.78, 5) is 14.5. The third-order valence-corrected chi connectivity index (χ3v) is 2.32. The molecule has 19 heavy (non-hydrogen) atoms. The van der Waals surface area contributed by atoms with E-state index in [1.165, 1.54) is 7.11 Å². The zero-order valence-electron chi connectivity index (χ0n) is 10.1. The molecule has 0 fully saturated rings. The van der Waals surface area contributed by atoms with Crippen LogP contribution in [0.25, 0.3) is 0 Å². The molecule has 0 bridgehead atoms. The van der Waals surface area contributed by atoms with Crippen molar-refractivity contribution >= 4 is 11.8 Å². The van der Waals surface area contributed by atoms with Crippen LogP contribution in [-0.4, -0.2) is 35.8 Å². The van der Waals surface area contributed by atoms with Gasteiger partial charge in [-0.1, -0.05) is 0 Å². The summed E-state index contributed by atoms with van der Waals surface area (Å²) in [5.41, 5.74) is -0.887. The van der Waals surface area contributed by atoms with Crippen LogP contribution in [0.15, 0.2) is 18.3 Å². The molecule has 106 valence electrons. The molecular weight excluding hydrogens is 265 g/mol. The second-order valence-electron chi connectivity index (χ2n) is 3.75. The number of alkyl halides is 3. The number of rotatable bonds is 6. The summed E-state index contributed by atoms with van der Waals surface area (Å²) >= 11 is 0. The summed E-state index contributed by atoms with van der Waals surface area (Å²) in [6, 6.07) is 0.958. The SMILES string of the molecule is COCCC(Nc1ccc(C(F)(F)F)cn1)C(=O)O. The van der Waals surface area contributed by atoms with Gasteiger partial charge in [0.25, 0.3) is 0 Å². The minimum absolute atomic E-state index is 0.0662. The van der Waals surface area contributed by atoms with E-state index in [1.54, 1.807) is 0 Å². The van der Waals surface area contributed by atoms with Gasteiger partial charge in [0.05, 0.1) is 5.56 Å². The number of methoxy groups -OCH3 is 1. The van der Waals surface area contributed by atoms with Gasteiger partial charge in [0.2, 0.25) is 0 Å². The van der Waals surface area contributed by atoms with E-state index in [1.807, 2.05) is 0 Å². The Morgan fingerprint density at radius 2 is 2.21 bits per heavy atom. The van der Waals surface area contributed by atoms with Crippen molar-refractivity contribution in [2.24, 2.45) is 0 Å². The van der Waals surface area contributed by atoms with Crippen molar-refractivity contribution in [1.82, 2.24) is 4.98 Å². The van der Waals surface area contributed by atoms with Crippen LogP contribution in [0.2, 0.25) is 0 Å². The number of hydrogen-bond donors (Lipinski definition) is 2. The molecule has 0 aliphatic heterocycles. The first-order valence-corrected chi connectivity index (χ1v) is 5.36. The second-order valence-corrected chi connectivity index (χ2v) is 3.75. The lowest BCUT2D eigenvalue weighted by Crippen LogP contribution is -2.30. The van der Waals surface area contributed by atoms with Crippen LogP contribution in [0.5, 0.6) is 0 Å². The average molecular weight is 278 g/mol. The maximum Gasteiger partial charge on any atom is 0.417 e. The number of ether oxygens (including phenoxy) is 1. The van der Waals surface area contributed by atoms with Crippen LogP contribution >= 0.6 is 0 Å². The van der Waals surface area contributed by atoms with E-state index in [0.717, 1.165) is 12.1 Å². The van der Waals surface area contributed by atoms with Crippen molar-refractivity contribution in [2.75, 3.05) is 19.0 Å². The summed E-state index contributed by atoms with van der Waals surface area (Å²) in [7, 11) is 1.43. The Kier molecular flexibility index (Phi) is 5.11. The second kappa shape index (κ2) is 6.37. The number of carbonyl (C=O) groups is 1. The van der Waals surface area contributed by atoms with E-state index in [-0.39, 0.29) is 18.8 Å². The molecule has 5 nitrogen and oxygen atoms in total. The lowest BCUT2D eigenvalue weighted by Gasteiger charge is -2.15. The molecule has 1 aromatic rings. The van der Waals surface area contributed by atoms with Crippen LogP contribution in [0.3, 0.4) is 0 Å². The highest BCUT2D eigenvalue weighted by atomic mass is 19.4. The van der Waals surface area contributed by atoms with Gasteiger partial charge in [-0.25, -0.2) is 9.78 Å². The zero-order chi connectivity index (χ0) is 14.5. The summed E-state index contributed by atoms with van der Waals surface area (Å²) in [6.45, 7) is 0.213. The Morgan fingerprint density at radius 3 is 2.63 bits per heavy atom. The quantitative estimate of drug-likeness (QED) is 0.832. The third kappa shape index (κ3) is 4.74. The van der Waals surface area contributed by atoms with Gasteiger partial charge in [0.15, 0.2) is 0 Å². The highest BCUT2D eigenvalue weighted by molar-refractivity contribution is 5.76. The van der Waals surface area contributed by atoms with Crippen molar-refractivity contribution < 1.29 is 27.8 Å². The Bertz CT molecular complexity index is 420. The van der Waals surface area contributed by atoms with E-state index in [2.05, 4.69) is 10.3 Å². The molecule has 0 radical (unpaired) electrons. The summed E-state index contributed by atoms with van der Waals surface area (Å²) in [6.07, 6.45) is -3.64. The molecule has 0 amide bonds. The Balaban J connectivity index is 2.72. The number of aromatic nitrogens is 1. The molecule has 1 aromatic heterocycles. The zero-order valence-corrected chi connectivity index (χ0v) is 10.1. The Labute approximate surface area is 107 Å². The topological polar surface area (TPSA) is 71.5 Å². The van der Waals surface area contributed by atoms with Gasteiger partial charge in [-0.2, -0.15) is 13.2 Å². The molecule has 1 heterocycles. The fourth-order valence-corrected chi connectivity index (χ4v) is 1.32. The first kappa shape index (κ1) is 15.2. The van der Waals surface area contributed by atoms with E-state index in [4.69, 9.17) is 9.84 Å². The van der Waals surface area contributed by atoms with Crippen LogP contribution in [0.4, 0.5) is 19.0 Å². The Hall–Kier alpha value is -1.83. The molecule has 1 unspecified atom stereocenters. The van der Waals surface area contributed by atoms with Gasteiger partial charge in [0, 0.05) is 26.3 Å². The largest absolute Gasteiger partial charge is 0.480 e. The Morgan fingerprint density at radius 1 is 1.53 bits per heavy atom. The number of aliphatic carboxylic acids is 1. The maximum atomic E-state index is 12.3. The maximum absolute atomic E-state index is 12.3. The number of pyridine rings is 1. The van der Waals surface area contributed by atoms with Crippen molar-refractivity contribution in [2.45, 2.75) is 18.6 Å². The number of halogens is 3. The lowest BCUT2D eigenvalue weighted by molar-refractivity contribution is -0.139. The van der Waals surface area contributed by atoms with Crippen LogP contribution in [-0.2, 0) is 15.7 Å². The van der Waals surface area contributed by atoms with Crippen LogP contribution < -0.4 is 5.32 Å². The van der Waals surface area contributed by atoms with Crippen molar-refractivity contribution in [1.29, 1.82) is 0 Å². The summed E-state index contributed by atoms with van der Waals surface area (Å²) in [5.74, 6) is -1.06. The lowest BCUT2D eigenvalue weighted by atomic mass is 10.2. The third-order valence-electron chi connectivity index (χ3n) is 2.32. The van der Waals surface area contributed by atoms with Crippen LogP contribution in [0.1, 0.15) is 12.0 Å². The van der Waals surface area contributed by atoms with Crippen molar-refractivity contribution in [3.05, 3.63) is 23.9 Å². The molecule has 0 saturated carbocycles. The minimum atomic E-state index is -4.46.